The molecule has 1 heterocycles. The Kier molecular flexibility index (Phi) is 4.05. The predicted molar refractivity (Wildman–Crippen MR) is 79.6 cm³/mol. The van der Waals surface area contributed by atoms with E-state index in [-0.39, 0.29) is 16.5 Å². The number of amides is 2. The normalized spacial score (nSPS) is 10.2. The molecule has 1 aromatic heterocycles. The molecule has 104 valence electrons. The molecule has 5 N–H and O–H groups in total. The first-order chi connectivity index (χ1) is 9.50. The number of carbonyl (C=O) groups excluding carboxylic acids is 2. The van der Waals surface area contributed by atoms with Crippen LogP contribution in [0.5, 0.6) is 0 Å². The van der Waals surface area contributed by atoms with E-state index in [1.165, 1.54) is 0 Å². The maximum atomic E-state index is 12.1. The van der Waals surface area contributed by atoms with E-state index in [4.69, 9.17) is 11.5 Å². The SMILES string of the molecule is Cc1c(C(=O)NCc2ccccc2)sc(N)c1C(N)=O. The molecule has 0 aliphatic carbocycles. The fraction of sp³-hybridized carbons (Fsp3) is 0.143. The molecule has 5 nitrogen and oxygen atoms in total. The third-order valence-electron chi connectivity index (χ3n) is 2.92. The van der Waals surface area contributed by atoms with E-state index in [1.807, 2.05) is 30.3 Å². The zero-order valence-electron chi connectivity index (χ0n) is 11.0. The molecule has 0 saturated carbocycles. The smallest absolute Gasteiger partial charge is 0.261 e. The van der Waals surface area contributed by atoms with E-state index in [9.17, 15) is 9.59 Å². The second kappa shape index (κ2) is 5.75. The molecule has 20 heavy (non-hydrogen) atoms. The number of hydrogen-bond donors (Lipinski definition) is 3. The van der Waals surface area contributed by atoms with Crippen molar-refractivity contribution in [3.8, 4) is 0 Å². The van der Waals surface area contributed by atoms with Gasteiger partial charge >= 0.3 is 0 Å². The zero-order chi connectivity index (χ0) is 14.7. The Bertz CT molecular complexity index is 650. The number of anilines is 1. The van der Waals surface area contributed by atoms with Crippen molar-refractivity contribution in [2.45, 2.75) is 13.5 Å². The molecule has 0 aliphatic heterocycles. The molecule has 1 aromatic carbocycles. The number of hydrogen-bond acceptors (Lipinski definition) is 4. The van der Waals surface area contributed by atoms with Crippen molar-refractivity contribution in [2.24, 2.45) is 5.73 Å². The molecule has 0 aliphatic rings. The summed E-state index contributed by atoms with van der Waals surface area (Å²) < 4.78 is 0. The lowest BCUT2D eigenvalue weighted by Gasteiger charge is -2.04. The van der Waals surface area contributed by atoms with E-state index in [0.717, 1.165) is 16.9 Å². The van der Waals surface area contributed by atoms with Gasteiger partial charge in [-0.1, -0.05) is 30.3 Å². The van der Waals surface area contributed by atoms with Crippen LogP contribution in [0.1, 0.15) is 31.2 Å². The Morgan fingerprint density at radius 1 is 1.25 bits per heavy atom. The van der Waals surface area contributed by atoms with Gasteiger partial charge in [-0.05, 0) is 18.1 Å². The van der Waals surface area contributed by atoms with Crippen LogP contribution in [0.2, 0.25) is 0 Å². The molecule has 0 radical (unpaired) electrons. The van der Waals surface area contributed by atoms with Crippen LogP contribution in [-0.4, -0.2) is 11.8 Å². The molecule has 0 saturated heterocycles. The first-order valence-corrected chi connectivity index (χ1v) is 6.83. The van der Waals surface area contributed by atoms with Gasteiger partial charge in [-0.3, -0.25) is 9.59 Å². The summed E-state index contributed by atoms with van der Waals surface area (Å²) in [5, 5.41) is 3.08. The molecule has 2 rings (SSSR count). The van der Waals surface area contributed by atoms with Crippen LogP contribution in [0.25, 0.3) is 0 Å². The lowest BCUT2D eigenvalue weighted by Crippen LogP contribution is -2.23. The Labute approximate surface area is 120 Å². The van der Waals surface area contributed by atoms with E-state index in [0.29, 0.717) is 17.0 Å². The average Bonchev–Trinajstić information content (AvgIpc) is 2.72. The molecule has 0 spiro atoms. The molecule has 0 unspecified atom stereocenters. The first-order valence-electron chi connectivity index (χ1n) is 6.01. The highest BCUT2D eigenvalue weighted by Gasteiger charge is 2.21. The van der Waals surface area contributed by atoms with Gasteiger partial charge in [-0.25, -0.2) is 0 Å². The monoisotopic (exact) mass is 289 g/mol. The molecule has 2 aromatic rings. The lowest BCUT2D eigenvalue weighted by atomic mass is 10.1. The zero-order valence-corrected chi connectivity index (χ0v) is 11.8. The number of thiophene rings is 1. The van der Waals surface area contributed by atoms with Crippen molar-refractivity contribution in [1.82, 2.24) is 5.32 Å². The van der Waals surface area contributed by atoms with Crippen LogP contribution in [0.15, 0.2) is 30.3 Å². The average molecular weight is 289 g/mol. The van der Waals surface area contributed by atoms with Crippen LogP contribution in [0.4, 0.5) is 5.00 Å². The molecular weight excluding hydrogens is 274 g/mol. The Hall–Kier alpha value is -2.34. The minimum Gasteiger partial charge on any atom is -0.390 e. The van der Waals surface area contributed by atoms with Crippen LogP contribution in [0, 0.1) is 6.92 Å². The van der Waals surface area contributed by atoms with Gasteiger partial charge in [-0.15, -0.1) is 11.3 Å². The third kappa shape index (κ3) is 2.80. The fourth-order valence-electron chi connectivity index (χ4n) is 1.92. The standard InChI is InChI=1S/C14H15N3O2S/c1-8-10(12(15)18)13(16)20-11(8)14(19)17-7-9-5-3-2-4-6-9/h2-6H,7,16H2,1H3,(H2,15,18)(H,17,19). The van der Waals surface area contributed by atoms with Gasteiger partial charge < -0.3 is 16.8 Å². The van der Waals surface area contributed by atoms with E-state index in [2.05, 4.69) is 5.32 Å². The van der Waals surface area contributed by atoms with E-state index in [1.54, 1.807) is 6.92 Å². The van der Waals surface area contributed by atoms with Gasteiger partial charge in [0.25, 0.3) is 11.8 Å². The first kappa shape index (κ1) is 14.1. The van der Waals surface area contributed by atoms with Crippen molar-refractivity contribution in [2.75, 3.05) is 5.73 Å². The predicted octanol–water partition coefficient (Wildman–Crippen LogP) is 1.67. The number of nitrogens with one attached hydrogen (secondary N) is 1. The number of primary amides is 1. The number of carbonyl (C=O) groups is 2. The summed E-state index contributed by atoms with van der Waals surface area (Å²) >= 11 is 1.08. The van der Waals surface area contributed by atoms with Crippen LogP contribution in [0.3, 0.4) is 0 Å². The molecule has 2 amide bonds. The molecule has 0 fully saturated rings. The number of benzene rings is 1. The highest BCUT2D eigenvalue weighted by Crippen LogP contribution is 2.29. The second-order valence-electron chi connectivity index (χ2n) is 4.33. The largest absolute Gasteiger partial charge is 0.390 e. The minimum atomic E-state index is -0.613. The van der Waals surface area contributed by atoms with Gasteiger partial charge in [0.1, 0.15) is 0 Å². The number of rotatable bonds is 4. The quantitative estimate of drug-likeness (QED) is 0.798. The summed E-state index contributed by atoms with van der Waals surface area (Å²) in [5.41, 5.74) is 12.7. The van der Waals surface area contributed by atoms with Crippen LogP contribution in [-0.2, 0) is 6.54 Å². The number of nitrogens with two attached hydrogens (primary N) is 2. The van der Waals surface area contributed by atoms with Crippen molar-refractivity contribution in [3.05, 3.63) is 51.9 Å². The summed E-state index contributed by atoms with van der Waals surface area (Å²) in [6, 6.07) is 9.56. The summed E-state index contributed by atoms with van der Waals surface area (Å²) in [7, 11) is 0. The van der Waals surface area contributed by atoms with Gasteiger partial charge in [0.05, 0.1) is 15.4 Å². The number of nitrogen functional groups attached to an aromatic ring is 1. The van der Waals surface area contributed by atoms with Gasteiger partial charge in [0.2, 0.25) is 0 Å². The van der Waals surface area contributed by atoms with Crippen molar-refractivity contribution >= 4 is 28.2 Å². The third-order valence-corrected chi connectivity index (χ3v) is 4.04. The maximum Gasteiger partial charge on any atom is 0.261 e. The summed E-state index contributed by atoms with van der Waals surface area (Å²) in [4.78, 5) is 23.8. The second-order valence-corrected chi connectivity index (χ2v) is 5.38. The Morgan fingerprint density at radius 3 is 2.45 bits per heavy atom. The highest BCUT2D eigenvalue weighted by atomic mass is 32.1. The van der Waals surface area contributed by atoms with Gasteiger partial charge in [0, 0.05) is 6.54 Å². The van der Waals surface area contributed by atoms with Crippen molar-refractivity contribution in [1.29, 1.82) is 0 Å². The van der Waals surface area contributed by atoms with Crippen LogP contribution >= 0.6 is 11.3 Å². The van der Waals surface area contributed by atoms with Crippen molar-refractivity contribution in [3.63, 3.8) is 0 Å². The Morgan fingerprint density at radius 2 is 1.90 bits per heavy atom. The minimum absolute atomic E-state index is 0.236. The van der Waals surface area contributed by atoms with E-state index < -0.39 is 5.91 Å². The molecular formula is C14H15N3O2S. The fourth-order valence-corrected chi connectivity index (χ4v) is 2.91. The highest BCUT2D eigenvalue weighted by molar-refractivity contribution is 7.18. The summed E-state index contributed by atoms with van der Waals surface area (Å²) in [5.74, 6) is -0.867. The summed E-state index contributed by atoms with van der Waals surface area (Å²) in [6.07, 6.45) is 0. The molecule has 0 atom stereocenters. The summed E-state index contributed by atoms with van der Waals surface area (Å²) in [6.45, 7) is 2.09. The topological polar surface area (TPSA) is 98.2 Å². The van der Waals surface area contributed by atoms with Crippen molar-refractivity contribution < 1.29 is 9.59 Å². The Balaban J connectivity index is 2.14. The molecule has 6 heteroatoms. The maximum absolute atomic E-state index is 12.1. The van der Waals surface area contributed by atoms with Crippen LogP contribution < -0.4 is 16.8 Å². The van der Waals surface area contributed by atoms with Gasteiger partial charge in [-0.2, -0.15) is 0 Å². The molecule has 0 bridgehead atoms. The van der Waals surface area contributed by atoms with E-state index >= 15 is 0 Å². The lowest BCUT2D eigenvalue weighted by molar-refractivity contribution is 0.0954. The van der Waals surface area contributed by atoms with Gasteiger partial charge in [0.15, 0.2) is 0 Å².